The molecule has 1 rings (SSSR count). The summed E-state index contributed by atoms with van der Waals surface area (Å²) < 4.78 is 0. The molecule has 0 spiro atoms. The molecule has 0 unspecified atom stereocenters. The first-order valence-corrected chi connectivity index (χ1v) is 7.65. The van der Waals surface area contributed by atoms with Crippen molar-refractivity contribution in [3.05, 3.63) is 0 Å². The van der Waals surface area contributed by atoms with Crippen molar-refractivity contribution in [2.75, 3.05) is 19.6 Å². The number of nitrogens with zero attached hydrogens (tertiary/aromatic N) is 1. The van der Waals surface area contributed by atoms with Gasteiger partial charge in [-0.1, -0.05) is 52.4 Å². The van der Waals surface area contributed by atoms with Crippen molar-refractivity contribution in [1.82, 2.24) is 4.90 Å². The Morgan fingerprint density at radius 1 is 0.941 bits per heavy atom. The molecule has 0 saturated carbocycles. The highest BCUT2D eigenvalue weighted by Crippen LogP contribution is 2.27. The molecule has 0 aromatic carbocycles. The van der Waals surface area contributed by atoms with E-state index < -0.39 is 0 Å². The quantitative estimate of drug-likeness (QED) is 0.657. The van der Waals surface area contributed by atoms with E-state index in [1.807, 2.05) is 0 Å². The van der Waals surface area contributed by atoms with Gasteiger partial charge in [0.15, 0.2) is 0 Å². The Hall–Kier alpha value is -0.0800. The number of hydrogen-bond donors (Lipinski definition) is 1. The van der Waals surface area contributed by atoms with E-state index in [1.54, 1.807) is 0 Å². The Kier molecular flexibility index (Phi) is 7.14. The Labute approximate surface area is 107 Å². The van der Waals surface area contributed by atoms with Gasteiger partial charge < -0.3 is 10.0 Å². The van der Waals surface area contributed by atoms with E-state index in [4.69, 9.17) is 0 Å². The lowest BCUT2D eigenvalue weighted by Crippen LogP contribution is -2.44. The third kappa shape index (κ3) is 5.87. The van der Waals surface area contributed by atoms with Crippen LogP contribution in [0.5, 0.6) is 0 Å². The van der Waals surface area contributed by atoms with Crippen molar-refractivity contribution >= 4 is 0 Å². The van der Waals surface area contributed by atoms with Crippen LogP contribution in [0.2, 0.25) is 0 Å². The molecule has 1 aliphatic heterocycles. The number of likely N-dealkylation sites (tertiary alicyclic amines) is 1. The number of rotatable bonds is 8. The van der Waals surface area contributed by atoms with E-state index in [0.717, 1.165) is 38.9 Å². The highest BCUT2D eigenvalue weighted by Gasteiger charge is 2.30. The van der Waals surface area contributed by atoms with Crippen LogP contribution in [-0.4, -0.2) is 35.2 Å². The minimum atomic E-state index is -0.337. The van der Waals surface area contributed by atoms with Crippen LogP contribution in [0.3, 0.4) is 0 Å². The molecule has 2 nitrogen and oxygen atoms in total. The van der Waals surface area contributed by atoms with Gasteiger partial charge in [-0.3, -0.25) is 0 Å². The predicted octanol–water partition coefficient (Wildman–Crippen LogP) is 3.58. The largest absolute Gasteiger partial charge is 0.390 e. The Morgan fingerprint density at radius 3 is 2.12 bits per heavy atom. The molecule has 1 fully saturated rings. The average Bonchev–Trinajstić information content (AvgIpc) is 2.35. The normalized spacial score (nSPS) is 20.6. The van der Waals surface area contributed by atoms with Crippen LogP contribution in [0.15, 0.2) is 0 Å². The van der Waals surface area contributed by atoms with Crippen molar-refractivity contribution in [3.8, 4) is 0 Å². The second-order valence-electron chi connectivity index (χ2n) is 5.68. The molecule has 0 bridgehead atoms. The first kappa shape index (κ1) is 15.0. The molecule has 0 aliphatic carbocycles. The van der Waals surface area contributed by atoms with Gasteiger partial charge in [-0.15, -0.1) is 0 Å². The maximum Gasteiger partial charge on any atom is 0.0672 e. The monoisotopic (exact) mass is 241 g/mol. The lowest BCUT2D eigenvalue weighted by atomic mass is 9.86. The molecule has 1 N–H and O–H groups in total. The molecule has 1 heterocycles. The van der Waals surface area contributed by atoms with Crippen molar-refractivity contribution < 1.29 is 5.11 Å². The summed E-state index contributed by atoms with van der Waals surface area (Å²) in [7, 11) is 0. The Morgan fingerprint density at radius 2 is 1.53 bits per heavy atom. The molecule has 0 radical (unpaired) electrons. The maximum absolute atomic E-state index is 10.5. The topological polar surface area (TPSA) is 23.5 Å². The fourth-order valence-electron chi connectivity index (χ4n) is 2.77. The summed E-state index contributed by atoms with van der Waals surface area (Å²) in [6.07, 6.45) is 10.9. The molecule has 0 aromatic heterocycles. The summed E-state index contributed by atoms with van der Waals surface area (Å²) in [6.45, 7) is 7.76. The van der Waals surface area contributed by atoms with E-state index in [1.165, 1.54) is 38.5 Å². The summed E-state index contributed by atoms with van der Waals surface area (Å²) in [5.41, 5.74) is -0.337. The van der Waals surface area contributed by atoms with Gasteiger partial charge in [-0.05, 0) is 25.8 Å². The van der Waals surface area contributed by atoms with Crippen LogP contribution in [0.25, 0.3) is 0 Å². The fourth-order valence-corrected chi connectivity index (χ4v) is 2.77. The minimum Gasteiger partial charge on any atom is -0.390 e. The molecule has 1 aliphatic rings. The second kappa shape index (κ2) is 8.10. The molecule has 0 amide bonds. The average molecular weight is 241 g/mol. The van der Waals surface area contributed by atoms with Crippen molar-refractivity contribution in [1.29, 1.82) is 0 Å². The number of unbranched alkanes of at least 4 members (excludes halogenated alkanes) is 5. The van der Waals surface area contributed by atoms with Crippen LogP contribution >= 0.6 is 0 Å². The van der Waals surface area contributed by atoms with E-state index in [0.29, 0.717) is 0 Å². The third-order valence-corrected chi connectivity index (χ3v) is 4.23. The van der Waals surface area contributed by atoms with Crippen LogP contribution in [0.4, 0.5) is 0 Å². The first-order valence-electron chi connectivity index (χ1n) is 7.65. The molecular weight excluding hydrogens is 210 g/mol. The zero-order valence-corrected chi connectivity index (χ0v) is 11.9. The zero-order chi connectivity index (χ0) is 12.6. The lowest BCUT2D eigenvalue weighted by molar-refractivity contribution is -0.0281. The Bertz CT molecular complexity index is 185. The van der Waals surface area contributed by atoms with Crippen molar-refractivity contribution in [2.45, 2.75) is 77.2 Å². The minimum absolute atomic E-state index is 0.337. The van der Waals surface area contributed by atoms with Gasteiger partial charge in [0.05, 0.1) is 5.60 Å². The molecule has 17 heavy (non-hydrogen) atoms. The third-order valence-electron chi connectivity index (χ3n) is 4.23. The van der Waals surface area contributed by atoms with E-state index >= 15 is 0 Å². The molecular formula is C15H31NO. The molecule has 2 heteroatoms. The Balaban J connectivity index is 2.06. The number of hydrogen-bond acceptors (Lipinski definition) is 2. The number of aliphatic hydroxyl groups is 1. The van der Waals surface area contributed by atoms with E-state index in [2.05, 4.69) is 18.7 Å². The predicted molar refractivity (Wildman–Crippen MR) is 74.3 cm³/mol. The van der Waals surface area contributed by atoms with Crippen LogP contribution < -0.4 is 0 Å². The molecule has 0 aromatic rings. The van der Waals surface area contributed by atoms with Crippen LogP contribution in [0, 0.1) is 0 Å². The van der Waals surface area contributed by atoms with Crippen LogP contribution in [-0.2, 0) is 0 Å². The highest BCUT2D eigenvalue weighted by molar-refractivity contribution is 4.85. The SMILES string of the molecule is CCCCCCCCC1(O)CCN(CC)CC1. The zero-order valence-electron chi connectivity index (χ0n) is 11.9. The van der Waals surface area contributed by atoms with Gasteiger partial charge in [-0.2, -0.15) is 0 Å². The van der Waals surface area contributed by atoms with E-state index in [-0.39, 0.29) is 5.60 Å². The summed E-state index contributed by atoms with van der Waals surface area (Å²) in [6, 6.07) is 0. The highest BCUT2D eigenvalue weighted by atomic mass is 16.3. The van der Waals surface area contributed by atoms with E-state index in [9.17, 15) is 5.11 Å². The molecule has 1 saturated heterocycles. The van der Waals surface area contributed by atoms with Gasteiger partial charge >= 0.3 is 0 Å². The molecule has 0 atom stereocenters. The summed E-state index contributed by atoms with van der Waals surface area (Å²) >= 11 is 0. The van der Waals surface area contributed by atoms with Gasteiger partial charge in [-0.25, -0.2) is 0 Å². The smallest absolute Gasteiger partial charge is 0.0672 e. The van der Waals surface area contributed by atoms with Gasteiger partial charge in [0.1, 0.15) is 0 Å². The molecule has 102 valence electrons. The standard InChI is InChI=1S/C15H31NO/c1-3-5-6-7-8-9-10-15(17)11-13-16(4-2)14-12-15/h17H,3-14H2,1-2H3. The fraction of sp³-hybridized carbons (Fsp3) is 1.00. The van der Waals surface area contributed by atoms with Crippen molar-refractivity contribution in [3.63, 3.8) is 0 Å². The lowest BCUT2D eigenvalue weighted by Gasteiger charge is -2.37. The maximum atomic E-state index is 10.5. The second-order valence-corrected chi connectivity index (χ2v) is 5.68. The van der Waals surface area contributed by atoms with Gasteiger partial charge in [0.2, 0.25) is 0 Å². The summed E-state index contributed by atoms with van der Waals surface area (Å²) in [5.74, 6) is 0. The van der Waals surface area contributed by atoms with Crippen molar-refractivity contribution in [2.24, 2.45) is 0 Å². The summed E-state index contributed by atoms with van der Waals surface area (Å²) in [5, 5.41) is 10.5. The van der Waals surface area contributed by atoms with Gasteiger partial charge in [0, 0.05) is 13.1 Å². The summed E-state index contributed by atoms with van der Waals surface area (Å²) in [4.78, 5) is 2.44. The number of piperidine rings is 1. The van der Waals surface area contributed by atoms with Gasteiger partial charge in [0.25, 0.3) is 0 Å². The van der Waals surface area contributed by atoms with Crippen LogP contribution in [0.1, 0.15) is 71.6 Å². The first-order chi connectivity index (χ1) is 8.20.